The fourth-order valence-electron chi connectivity index (χ4n) is 4.55. The van der Waals surface area contributed by atoms with Crippen molar-refractivity contribution < 1.29 is 9.90 Å². The zero-order chi connectivity index (χ0) is 17.4. The van der Waals surface area contributed by atoms with Gasteiger partial charge in [0.15, 0.2) is 0 Å². The average molecular weight is 338 g/mol. The van der Waals surface area contributed by atoms with Gasteiger partial charge in [0.05, 0.1) is 5.56 Å². The number of carbonyl (C=O) groups excluding carboxylic acids is 1. The number of benzene rings is 2. The second-order valence-electron chi connectivity index (χ2n) is 7.58. The highest BCUT2D eigenvalue weighted by Crippen LogP contribution is 2.31. The molecular weight excluding hydrogens is 312 g/mol. The molecule has 0 saturated carbocycles. The molecule has 4 nitrogen and oxygen atoms in total. The van der Waals surface area contributed by atoms with Crippen molar-refractivity contribution >= 4 is 16.7 Å². The number of piperidine rings is 2. The first kappa shape index (κ1) is 16.4. The van der Waals surface area contributed by atoms with Gasteiger partial charge < -0.3 is 10.4 Å². The molecule has 2 aromatic carbocycles. The van der Waals surface area contributed by atoms with E-state index in [1.54, 1.807) is 12.1 Å². The summed E-state index contributed by atoms with van der Waals surface area (Å²) in [4.78, 5) is 15.3. The van der Waals surface area contributed by atoms with E-state index < -0.39 is 0 Å². The minimum absolute atomic E-state index is 0.0555. The molecule has 132 valence electrons. The van der Waals surface area contributed by atoms with Crippen molar-refractivity contribution in [3.63, 3.8) is 0 Å². The second kappa shape index (κ2) is 6.68. The van der Waals surface area contributed by atoms with Crippen molar-refractivity contribution in [3.05, 3.63) is 42.0 Å². The lowest BCUT2D eigenvalue weighted by Crippen LogP contribution is -2.54. The van der Waals surface area contributed by atoms with Crippen LogP contribution in [0.25, 0.3) is 10.8 Å². The van der Waals surface area contributed by atoms with Gasteiger partial charge in [-0.1, -0.05) is 30.7 Å². The van der Waals surface area contributed by atoms with Crippen LogP contribution in [0.15, 0.2) is 36.4 Å². The molecule has 0 spiro atoms. The topological polar surface area (TPSA) is 52.6 Å². The van der Waals surface area contributed by atoms with Crippen molar-refractivity contribution in [2.75, 3.05) is 6.54 Å². The molecule has 1 amide bonds. The normalized spacial score (nSPS) is 27.0. The lowest BCUT2D eigenvalue weighted by atomic mass is 9.87. The summed E-state index contributed by atoms with van der Waals surface area (Å²) in [6.45, 7) is 3.37. The van der Waals surface area contributed by atoms with Crippen molar-refractivity contribution in [2.24, 2.45) is 0 Å². The Labute approximate surface area is 148 Å². The Kier molecular flexibility index (Phi) is 4.38. The van der Waals surface area contributed by atoms with Gasteiger partial charge in [-0.05, 0) is 55.5 Å². The van der Waals surface area contributed by atoms with Crippen LogP contribution < -0.4 is 5.32 Å². The zero-order valence-electron chi connectivity index (χ0n) is 14.7. The number of hydrogen-bond acceptors (Lipinski definition) is 3. The van der Waals surface area contributed by atoms with E-state index in [2.05, 4.69) is 17.1 Å². The highest BCUT2D eigenvalue weighted by atomic mass is 16.3. The quantitative estimate of drug-likeness (QED) is 0.878. The van der Waals surface area contributed by atoms with Gasteiger partial charge in [-0.25, -0.2) is 0 Å². The maximum absolute atomic E-state index is 12.7. The highest BCUT2D eigenvalue weighted by Gasteiger charge is 2.34. The van der Waals surface area contributed by atoms with E-state index in [0.29, 0.717) is 17.6 Å². The molecule has 2 saturated heterocycles. The van der Waals surface area contributed by atoms with E-state index >= 15 is 0 Å². The summed E-state index contributed by atoms with van der Waals surface area (Å²) in [7, 11) is 0. The molecule has 2 fully saturated rings. The molecule has 0 bridgehead atoms. The third-order valence-electron chi connectivity index (χ3n) is 5.93. The van der Waals surface area contributed by atoms with Crippen LogP contribution in [-0.4, -0.2) is 40.6 Å². The van der Waals surface area contributed by atoms with E-state index in [4.69, 9.17) is 0 Å². The van der Waals surface area contributed by atoms with E-state index in [0.717, 1.165) is 30.2 Å². The number of amides is 1. The van der Waals surface area contributed by atoms with Gasteiger partial charge in [-0.2, -0.15) is 0 Å². The van der Waals surface area contributed by atoms with Crippen molar-refractivity contribution in [3.8, 4) is 5.75 Å². The van der Waals surface area contributed by atoms with Crippen LogP contribution in [0.2, 0.25) is 0 Å². The number of phenolic OH excluding ortho intramolecular Hbond substituents is 1. The maximum Gasteiger partial charge on any atom is 0.255 e. The number of hydrogen-bond donors (Lipinski definition) is 2. The van der Waals surface area contributed by atoms with Gasteiger partial charge in [-0.15, -0.1) is 0 Å². The van der Waals surface area contributed by atoms with Crippen LogP contribution in [0.5, 0.6) is 5.75 Å². The molecular formula is C21H26N2O2. The monoisotopic (exact) mass is 338 g/mol. The summed E-state index contributed by atoms with van der Waals surface area (Å²) < 4.78 is 0. The lowest BCUT2D eigenvalue weighted by Gasteiger charge is -2.46. The molecule has 0 aromatic heterocycles. The first-order valence-corrected chi connectivity index (χ1v) is 9.40. The SMILES string of the molecule is C[C@@H]1CCC[C@@H]2C[C@@H](NC(=O)c3cc4ccccc4cc3O)CCN21. The molecule has 2 aliphatic rings. The van der Waals surface area contributed by atoms with Gasteiger partial charge in [0.2, 0.25) is 0 Å². The maximum atomic E-state index is 12.7. The molecule has 3 atom stereocenters. The van der Waals surface area contributed by atoms with Crippen LogP contribution in [0, 0.1) is 0 Å². The number of fused-ring (bicyclic) bond motifs is 2. The van der Waals surface area contributed by atoms with Crippen LogP contribution in [0.4, 0.5) is 0 Å². The summed E-state index contributed by atoms with van der Waals surface area (Å²) in [5, 5.41) is 15.3. The van der Waals surface area contributed by atoms with Gasteiger partial charge >= 0.3 is 0 Å². The number of nitrogens with one attached hydrogen (secondary N) is 1. The number of aromatic hydroxyl groups is 1. The van der Waals surface area contributed by atoms with Crippen LogP contribution in [-0.2, 0) is 0 Å². The Morgan fingerprint density at radius 1 is 1.16 bits per heavy atom. The largest absolute Gasteiger partial charge is 0.507 e. The van der Waals surface area contributed by atoms with E-state index in [1.165, 1.54) is 19.3 Å². The molecule has 2 aliphatic heterocycles. The van der Waals surface area contributed by atoms with Crippen LogP contribution in [0.3, 0.4) is 0 Å². The zero-order valence-corrected chi connectivity index (χ0v) is 14.7. The van der Waals surface area contributed by atoms with E-state index in [9.17, 15) is 9.90 Å². The van der Waals surface area contributed by atoms with Crippen molar-refractivity contribution in [1.82, 2.24) is 10.2 Å². The van der Waals surface area contributed by atoms with Crippen LogP contribution >= 0.6 is 0 Å². The Morgan fingerprint density at radius 3 is 2.72 bits per heavy atom. The number of nitrogens with zero attached hydrogens (tertiary/aromatic N) is 1. The standard InChI is InChI=1S/C21H26N2O2/c1-14-5-4-8-18-13-17(9-10-23(14)18)22-21(25)19-11-15-6-2-3-7-16(15)12-20(19)24/h2-3,6-7,11-12,14,17-18,24H,4-5,8-10,13H2,1H3,(H,22,25)/t14-,17+,18-/m1/s1. The van der Waals surface area contributed by atoms with Gasteiger partial charge in [0.25, 0.3) is 5.91 Å². The molecule has 0 aliphatic carbocycles. The molecule has 25 heavy (non-hydrogen) atoms. The van der Waals surface area contributed by atoms with E-state index in [1.807, 2.05) is 24.3 Å². The van der Waals surface area contributed by atoms with Gasteiger partial charge in [0, 0.05) is 24.7 Å². The molecule has 2 N–H and O–H groups in total. The molecule has 4 heteroatoms. The minimum Gasteiger partial charge on any atom is -0.507 e. The second-order valence-corrected chi connectivity index (χ2v) is 7.58. The molecule has 2 aromatic rings. The third kappa shape index (κ3) is 3.23. The fourth-order valence-corrected chi connectivity index (χ4v) is 4.55. The van der Waals surface area contributed by atoms with Crippen molar-refractivity contribution in [1.29, 1.82) is 0 Å². The molecule has 0 radical (unpaired) electrons. The Morgan fingerprint density at radius 2 is 1.92 bits per heavy atom. The number of carbonyl (C=O) groups is 1. The predicted octanol–water partition coefficient (Wildman–Crippen LogP) is 3.68. The third-order valence-corrected chi connectivity index (χ3v) is 5.93. The first-order valence-electron chi connectivity index (χ1n) is 9.40. The fraction of sp³-hybridized carbons (Fsp3) is 0.476. The Balaban J connectivity index is 1.48. The average Bonchev–Trinajstić information content (AvgIpc) is 2.61. The van der Waals surface area contributed by atoms with Gasteiger partial charge in [0.1, 0.15) is 5.75 Å². The molecule has 0 unspecified atom stereocenters. The van der Waals surface area contributed by atoms with Gasteiger partial charge in [-0.3, -0.25) is 9.69 Å². The lowest BCUT2D eigenvalue weighted by molar-refractivity contribution is 0.0457. The first-order chi connectivity index (χ1) is 12.1. The smallest absolute Gasteiger partial charge is 0.255 e. The number of rotatable bonds is 2. The molecule has 4 rings (SSSR count). The highest BCUT2D eigenvalue weighted by molar-refractivity contribution is 6.01. The van der Waals surface area contributed by atoms with Crippen LogP contribution in [0.1, 0.15) is 49.4 Å². The minimum atomic E-state index is -0.162. The van der Waals surface area contributed by atoms with Crippen molar-refractivity contribution in [2.45, 2.75) is 57.2 Å². The molecule has 2 heterocycles. The Bertz CT molecular complexity index is 789. The summed E-state index contributed by atoms with van der Waals surface area (Å²) in [6.07, 6.45) is 5.82. The number of phenols is 1. The summed E-state index contributed by atoms with van der Waals surface area (Å²) >= 11 is 0. The predicted molar refractivity (Wildman–Crippen MR) is 99.9 cm³/mol. The summed E-state index contributed by atoms with van der Waals surface area (Å²) in [5.74, 6) is -0.106. The summed E-state index contributed by atoms with van der Waals surface area (Å²) in [5.41, 5.74) is 0.373. The summed E-state index contributed by atoms with van der Waals surface area (Å²) in [6, 6.07) is 12.7. The van der Waals surface area contributed by atoms with E-state index in [-0.39, 0.29) is 17.7 Å². The Hall–Kier alpha value is -2.07.